The summed E-state index contributed by atoms with van der Waals surface area (Å²) in [4.78, 5) is 0. The summed E-state index contributed by atoms with van der Waals surface area (Å²) in [5.41, 5.74) is 5.37. The van der Waals surface area contributed by atoms with E-state index in [9.17, 15) is 0 Å². The Hall–Kier alpha value is -0.945. The lowest BCUT2D eigenvalue weighted by atomic mass is 9.68. The molecule has 1 aromatic rings. The molecule has 0 atom stereocenters. The summed E-state index contributed by atoms with van der Waals surface area (Å²) in [7, 11) is 2.18. The van der Waals surface area contributed by atoms with E-state index in [1.807, 2.05) is 0 Å². The Balaban J connectivity index is 2.56. The van der Waals surface area contributed by atoms with Gasteiger partial charge in [-0.3, -0.25) is 0 Å². The second-order valence-electron chi connectivity index (χ2n) is 4.12. The molecule has 0 unspecified atom stereocenters. The van der Waals surface area contributed by atoms with Crippen LogP contribution in [0.2, 0.25) is 6.82 Å². The molecule has 0 saturated heterocycles. The summed E-state index contributed by atoms with van der Waals surface area (Å²) < 4.78 is 0. The summed E-state index contributed by atoms with van der Waals surface area (Å²) in [6, 6.07) is 6.48. The maximum Gasteiger partial charge on any atom is 0.148 e. The molecule has 0 amide bonds. The fourth-order valence-electron chi connectivity index (χ4n) is 2.22. The van der Waals surface area contributed by atoms with Crippen molar-refractivity contribution in [3.8, 4) is 0 Å². The first kappa shape index (κ1) is 11.5. The zero-order valence-electron chi connectivity index (χ0n) is 9.76. The van der Waals surface area contributed by atoms with Gasteiger partial charge < -0.3 is 0 Å². The number of benzene rings is 1. The molecule has 2 rings (SSSR count). The van der Waals surface area contributed by atoms with E-state index < -0.39 is 0 Å². The predicted octanol–water partition coefficient (Wildman–Crippen LogP) is 3.54. The largest absolute Gasteiger partial charge is 0.148 e. The average molecular weight is 230 g/mol. The van der Waals surface area contributed by atoms with Crippen LogP contribution in [0.5, 0.6) is 0 Å². The number of hydrogen-bond acceptors (Lipinski definition) is 0. The second kappa shape index (κ2) is 4.92. The van der Waals surface area contributed by atoms with Crippen LogP contribution in [0.3, 0.4) is 0 Å². The minimum atomic E-state index is 0.856. The van der Waals surface area contributed by atoms with Crippen molar-refractivity contribution >= 4 is 29.9 Å². The van der Waals surface area contributed by atoms with E-state index in [-0.39, 0.29) is 0 Å². The second-order valence-corrected chi connectivity index (χ2v) is 4.55. The molecule has 0 heterocycles. The van der Waals surface area contributed by atoms with E-state index >= 15 is 0 Å². The topological polar surface area (TPSA) is 0 Å². The Labute approximate surface area is 103 Å². The smallest absolute Gasteiger partial charge is 0.0872 e. The van der Waals surface area contributed by atoms with Crippen LogP contribution in [0.15, 0.2) is 35.4 Å². The molecule has 81 valence electrons. The molecule has 0 fully saturated rings. The SMILES string of the molecule is C[B]c1cccc2c1CC/C=C(/Cl)C=C2C. The van der Waals surface area contributed by atoms with Gasteiger partial charge in [-0.25, -0.2) is 0 Å². The molecule has 0 N–H and O–H groups in total. The molecule has 0 aromatic heterocycles. The lowest BCUT2D eigenvalue weighted by Gasteiger charge is -2.16. The van der Waals surface area contributed by atoms with E-state index in [1.54, 1.807) is 0 Å². The third-order valence-corrected chi connectivity index (χ3v) is 3.30. The number of fused-ring (bicyclic) bond motifs is 1. The lowest BCUT2D eigenvalue weighted by molar-refractivity contribution is 0.998. The molecule has 16 heavy (non-hydrogen) atoms. The Morgan fingerprint density at radius 3 is 2.88 bits per heavy atom. The average Bonchev–Trinajstić information content (AvgIpc) is 2.27. The molecular formula is C14H15BCl. The van der Waals surface area contributed by atoms with E-state index in [0.717, 1.165) is 17.9 Å². The Morgan fingerprint density at radius 2 is 2.12 bits per heavy atom. The Bertz CT molecular complexity index is 458. The highest BCUT2D eigenvalue weighted by molar-refractivity contribution is 6.52. The van der Waals surface area contributed by atoms with Gasteiger partial charge in [-0.1, -0.05) is 48.2 Å². The summed E-state index contributed by atoms with van der Waals surface area (Å²) >= 11 is 6.11. The molecule has 0 bridgehead atoms. The van der Waals surface area contributed by atoms with Crippen molar-refractivity contribution in [2.75, 3.05) is 0 Å². The highest BCUT2D eigenvalue weighted by atomic mass is 35.5. The van der Waals surface area contributed by atoms with Crippen molar-refractivity contribution in [2.45, 2.75) is 26.6 Å². The van der Waals surface area contributed by atoms with Crippen LogP contribution in [0.1, 0.15) is 24.5 Å². The summed E-state index contributed by atoms with van der Waals surface area (Å²) in [6.07, 6.45) is 6.23. The number of halogens is 1. The fourth-order valence-corrected chi connectivity index (χ4v) is 2.49. The quantitative estimate of drug-likeness (QED) is 0.646. The van der Waals surface area contributed by atoms with Gasteiger partial charge in [0.15, 0.2) is 0 Å². The van der Waals surface area contributed by atoms with Gasteiger partial charge >= 0.3 is 0 Å². The first-order valence-corrected chi connectivity index (χ1v) is 6.05. The number of rotatable bonds is 1. The van der Waals surface area contributed by atoms with Gasteiger partial charge in [-0.05, 0) is 42.5 Å². The van der Waals surface area contributed by atoms with E-state index in [1.165, 1.54) is 22.2 Å². The van der Waals surface area contributed by atoms with Gasteiger partial charge in [0.25, 0.3) is 0 Å². The third kappa shape index (κ3) is 2.25. The zero-order chi connectivity index (χ0) is 11.5. The van der Waals surface area contributed by atoms with Crippen LogP contribution in [0.4, 0.5) is 0 Å². The number of hydrogen-bond donors (Lipinski definition) is 0. The van der Waals surface area contributed by atoms with Crippen molar-refractivity contribution in [1.29, 1.82) is 0 Å². The van der Waals surface area contributed by atoms with Crippen molar-refractivity contribution in [3.63, 3.8) is 0 Å². The highest BCUT2D eigenvalue weighted by Crippen LogP contribution is 2.24. The van der Waals surface area contributed by atoms with Crippen LogP contribution < -0.4 is 5.46 Å². The van der Waals surface area contributed by atoms with Gasteiger partial charge in [-0.2, -0.15) is 0 Å². The third-order valence-electron chi connectivity index (χ3n) is 3.04. The molecule has 1 radical (unpaired) electrons. The van der Waals surface area contributed by atoms with Gasteiger partial charge in [0.1, 0.15) is 7.28 Å². The maximum atomic E-state index is 6.11. The standard InChI is InChI=1S/C14H15BCl/c1-10-9-11(16)5-3-7-13-12(10)6-4-8-14(13)15-2/h4-6,8-9H,3,7H2,1-2H3/b10-9?,11-5+. The van der Waals surface area contributed by atoms with Gasteiger partial charge in [-0.15, -0.1) is 0 Å². The van der Waals surface area contributed by atoms with Crippen LogP contribution >= 0.6 is 11.6 Å². The normalized spacial score (nSPS) is 18.7. The monoisotopic (exact) mass is 229 g/mol. The van der Waals surface area contributed by atoms with E-state index in [4.69, 9.17) is 11.6 Å². The molecule has 2 heteroatoms. The first-order valence-electron chi connectivity index (χ1n) is 5.68. The van der Waals surface area contributed by atoms with E-state index in [2.05, 4.69) is 51.4 Å². The Morgan fingerprint density at radius 1 is 1.31 bits per heavy atom. The minimum absolute atomic E-state index is 0.856. The molecule has 0 aliphatic heterocycles. The van der Waals surface area contributed by atoms with Crippen molar-refractivity contribution in [1.82, 2.24) is 0 Å². The predicted molar refractivity (Wildman–Crippen MR) is 73.6 cm³/mol. The summed E-state index contributed by atoms with van der Waals surface area (Å²) in [5, 5.41) is 0.856. The molecule has 0 saturated carbocycles. The molecular weight excluding hydrogens is 214 g/mol. The lowest BCUT2D eigenvalue weighted by Crippen LogP contribution is -2.18. The van der Waals surface area contributed by atoms with Crippen LogP contribution in [-0.4, -0.2) is 7.28 Å². The van der Waals surface area contributed by atoms with Crippen LogP contribution in [0, 0.1) is 0 Å². The van der Waals surface area contributed by atoms with E-state index in [0.29, 0.717) is 0 Å². The molecule has 1 aliphatic carbocycles. The summed E-state index contributed by atoms with van der Waals surface area (Å²) in [5.74, 6) is 0. The fraction of sp³-hybridized carbons (Fsp3) is 0.286. The van der Waals surface area contributed by atoms with Crippen molar-refractivity contribution < 1.29 is 0 Å². The molecule has 1 aromatic carbocycles. The first-order chi connectivity index (χ1) is 7.72. The van der Waals surface area contributed by atoms with Crippen molar-refractivity contribution in [3.05, 3.63) is 46.5 Å². The minimum Gasteiger partial charge on any atom is -0.0872 e. The van der Waals surface area contributed by atoms with Gasteiger partial charge in [0.2, 0.25) is 0 Å². The Kier molecular flexibility index (Phi) is 3.55. The zero-order valence-corrected chi connectivity index (χ0v) is 10.5. The number of allylic oxidation sites excluding steroid dienone is 4. The van der Waals surface area contributed by atoms with Crippen molar-refractivity contribution in [2.24, 2.45) is 0 Å². The van der Waals surface area contributed by atoms with Gasteiger partial charge in [0, 0.05) is 5.03 Å². The van der Waals surface area contributed by atoms with Crippen LogP contribution in [0.25, 0.3) is 5.57 Å². The molecule has 0 nitrogen and oxygen atoms in total. The highest BCUT2D eigenvalue weighted by Gasteiger charge is 2.10. The summed E-state index contributed by atoms with van der Waals surface area (Å²) in [6.45, 7) is 4.22. The van der Waals surface area contributed by atoms with Gasteiger partial charge in [0.05, 0.1) is 0 Å². The van der Waals surface area contributed by atoms with Crippen LogP contribution in [-0.2, 0) is 6.42 Å². The molecule has 0 spiro atoms. The maximum absolute atomic E-state index is 6.11. The molecule has 1 aliphatic rings.